The Morgan fingerprint density at radius 1 is 0.769 bits per heavy atom. The van der Waals surface area contributed by atoms with Crippen LogP contribution in [0.15, 0.2) is 0 Å². The summed E-state index contributed by atoms with van der Waals surface area (Å²) < 4.78 is 9.77. The summed E-state index contributed by atoms with van der Waals surface area (Å²) in [5.74, 6) is 27.2. The minimum atomic E-state index is -0.678. The van der Waals surface area contributed by atoms with Gasteiger partial charge in [0.05, 0.1) is 13.2 Å². The molecule has 0 aromatic rings. The normalized spacial score (nSPS) is 9.15. The minimum Gasteiger partial charge on any atom is -0.457 e. The van der Waals surface area contributed by atoms with Crippen molar-refractivity contribution in [3.63, 3.8) is 0 Å². The van der Waals surface area contributed by atoms with Crippen LogP contribution in [-0.2, 0) is 19.1 Å². The van der Waals surface area contributed by atoms with Gasteiger partial charge in [0.2, 0.25) is 0 Å². The van der Waals surface area contributed by atoms with Crippen molar-refractivity contribution in [2.45, 2.75) is 97.5 Å². The van der Waals surface area contributed by atoms with E-state index in [1.54, 1.807) is 6.92 Å². The number of ether oxygens (including phenoxy) is 2. The molecule has 0 aliphatic rings. The maximum Gasteiger partial charge on any atom is 0.306 e. The Kier molecular flexibility index (Phi) is 31.8. The molecule has 0 saturated carbocycles. The number of aliphatic hydroxyl groups is 2. The molecule has 0 radical (unpaired) electrons. The van der Waals surface area contributed by atoms with Gasteiger partial charge in [0.25, 0.3) is 0 Å². The molecule has 0 saturated heterocycles. The number of hydrogen-bond donors (Lipinski definition) is 2. The van der Waals surface area contributed by atoms with Gasteiger partial charge in [0.1, 0.15) is 12.9 Å². The number of aliphatic hydroxyl groups excluding tert-OH is 2. The molecule has 0 fully saturated rings. The second-order valence-electron chi connectivity index (χ2n) is 7.92. The fraction of sp³-hybridized carbons (Fsp3) is 0.562. The second-order valence-corrected chi connectivity index (χ2v) is 8.91. The van der Waals surface area contributed by atoms with Crippen molar-refractivity contribution >= 4 is 22.8 Å². The summed E-state index contributed by atoms with van der Waals surface area (Å²) in [5, 5.41) is 20.0. The lowest BCUT2D eigenvalue weighted by Gasteiger charge is -2.14. The van der Waals surface area contributed by atoms with Gasteiger partial charge in [-0.2, -0.15) is 0 Å². The maximum absolute atomic E-state index is 11.6. The van der Waals surface area contributed by atoms with E-state index in [4.69, 9.17) is 19.7 Å². The summed E-state index contributed by atoms with van der Waals surface area (Å²) >= 11 is 0.901. The zero-order valence-electron chi connectivity index (χ0n) is 23.4. The number of carbonyl (C=O) groups excluding carboxylic acids is 2. The second kappa shape index (κ2) is 32.8. The van der Waals surface area contributed by atoms with Crippen LogP contribution in [0.1, 0.15) is 104 Å². The molecule has 0 heterocycles. The van der Waals surface area contributed by atoms with Crippen LogP contribution in [0, 0.1) is 70.4 Å². The Balaban J connectivity index is -0.0000000544. The molecule has 0 unspecified atom stereocenters. The summed E-state index contributed by atoms with van der Waals surface area (Å²) in [6.45, 7) is 4.66. The van der Waals surface area contributed by atoms with Crippen molar-refractivity contribution in [1.29, 1.82) is 0 Å². The average molecular weight is 571 g/mol. The third-order valence-corrected chi connectivity index (χ3v) is 5.06. The van der Waals surface area contributed by atoms with E-state index in [0.717, 1.165) is 31.0 Å². The first-order valence-corrected chi connectivity index (χ1v) is 13.9. The number of carbonyl (C=O) groups is 2. The molecule has 0 aliphatic heterocycles. The summed E-state index contributed by atoms with van der Waals surface area (Å²) in [6.07, 6.45) is 11.9. The number of hydrogen-bond acceptors (Lipinski definition) is 7. The Labute approximate surface area is 253 Å². The molecule has 39 heavy (non-hydrogen) atoms. The number of esters is 1. The highest BCUT2D eigenvalue weighted by molar-refractivity contribution is 8.17. The molecule has 228 valence electrons. The van der Waals surface area contributed by atoms with E-state index < -0.39 is 12.9 Å². The first-order chi connectivity index (χ1) is 19.0. The third-order valence-electron chi connectivity index (χ3n) is 4.56. The Bertz CT molecular complexity index is 1080. The molecule has 0 aliphatic carbocycles. The highest BCUT2D eigenvalue weighted by Crippen LogP contribution is 2.11. The quantitative estimate of drug-likeness (QED) is 0.0929. The van der Waals surface area contributed by atoms with Crippen LogP contribution in [0.4, 0.5) is 0 Å². The zero-order chi connectivity index (χ0) is 29.2. The Hall–Kier alpha value is -3.27. The first kappa shape index (κ1) is 37.9. The van der Waals surface area contributed by atoms with E-state index in [0.29, 0.717) is 6.42 Å². The van der Waals surface area contributed by atoms with Crippen molar-refractivity contribution in [2.24, 2.45) is 0 Å². The number of rotatable bonds is 16. The molecule has 0 amide bonds. The number of thioether (sulfide) groups is 1. The lowest BCUT2D eigenvalue weighted by atomic mass is 10.1. The van der Waals surface area contributed by atoms with Crippen LogP contribution < -0.4 is 0 Å². The topological polar surface area (TPSA) is 93.1 Å². The molecule has 0 bridgehead atoms. The van der Waals surface area contributed by atoms with Crippen LogP contribution in [-0.4, -0.2) is 47.4 Å². The van der Waals surface area contributed by atoms with Crippen molar-refractivity contribution in [3.8, 4) is 70.4 Å². The first-order valence-electron chi connectivity index (χ1n) is 13.1. The van der Waals surface area contributed by atoms with Crippen LogP contribution in [0.25, 0.3) is 0 Å². The zero-order valence-corrected chi connectivity index (χ0v) is 24.2. The van der Waals surface area contributed by atoms with E-state index in [1.165, 1.54) is 51.9 Å². The van der Waals surface area contributed by atoms with Crippen LogP contribution in [0.3, 0.4) is 0 Å². The predicted octanol–water partition coefficient (Wildman–Crippen LogP) is 6.65. The fourth-order valence-corrected chi connectivity index (χ4v) is 2.99. The van der Waals surface area contributed by atoms with E-state index >= 15 is 0 Å². The van der Waals surface area contributed by atoms with E-state index in [9.17, 15) is 9.59 Å². The molecular weight excluding hydrogens is 512 g/mol. The highest BCUT2D eigenvalue weighted by Gasteiger charge is 2.13. The average Bonchev–Trinajstić information content (AvgIpc) is 2.92. The molecule has 0 aromatic heterocycles. The molecule has 2 N–H and O–H groups in total. The van der Waals surface area contributed by atoms with Crippen molar-refractivity contribution < 1.29 is 42.1 Å². The Morgan fingerprint density at radius 2 is 1.26 bits per heavy atom. The van der Waals surface area contributed by atoms with Gasteiger partial charge in [-0.15, -0.1) is 0 Å². The van der Waals surface area contributed by atoms with Crippen LogP contribution >= 0.6 is 11.8 Å². The van der Waals surface area contributed by atoms with Crippen molar-refractivity contribution in [2.75, 3.05) is 20.0 Å². The third kappa shape index (κ3) is 34.7. The van der Waals surface area contributed by atoms with Crippen molar-refractivity contribution in [3.05, 3.63) is 0 Å². The lowest BCUT2D eigenvalue weighted by molar-refractivity contribution is -0.157. The predicted molar refractivity (Wildman–Crippen MR) is 176 cm³/mol. The van der Waals surface area contributed by atoms with Crippen LogP contribution in [0.5, 0.6) is 0 Å². The molecule has 0 spiro atoms. The standard InChI is InChI=1S/C17H34O5.C15H6OS.9H2/c1-2-3-4-5-6-7-8-9-10-11-12-17(20)22-16(13-18)14-21-15-19;1-3-4-5-6-7-8-9-10-11-12-13-14-17-15(2)16;;;;;;;;;/h16,18-19H,2-15H2,1H3;1-2H3;9*1H/t16-;;;;;;;;;;/m1........../s1. The summed E-state index contributed by atoms with van der Waals surface area (Å²) in [6, 6.07) is 0. The van der Waals surface area contributed by atoms with E-state index in [1.807, 2.05) is 0 Å². The molecule has 6 nitrogen and oxygen atoms in total. The fourth-order valence-electron chi connectivity index (χ4n) is 2.75. The largest absolute Gasteiger partial charge is 0.457 e. The molecule has 7 heteroatoms. The van der Waals surface area contributed by atoms with Gasteiger partial charge in [0, 0.05) is 37.9 Å². The van der Waals surface area contributed by atoms with Crippen molar-refractivity contribution in [1.82, 2.24) is 0 Å². The lowest BCUT2D eigenvalue weighted by Crippen LogP contribution is -2.27. The maximum atomic E-state index is 11.6. The molecule has 0 rings (SSSR count). The van der Waals surface area contributed by atoms with Gasteiger partial charge >= 0.3 is 5.97 Å². The van der Waals surface area contributed by atoms with Gasteiger partial charge in [-0.05, 0) is 77.8 Å². The van der Waals surface area contributed by atoms with Gasteiger partial charge in [-0.25, -0.2) is 0 Å². The van der Waals surface area contributed by atoms with Gasteiger partial charge in [-0.3, -0.25) is 9.59 Å². The monoisotopic (exact) mass is 570 g/mol. The Morgan fingerprint density at radius 3 is 1.72 bits per heavy atom. The summed E-state index contributed by atoms with van der Waals surface area (Å²) in [5.41, 5.74) is 0. The highest BCUT2D eigenvalue weighted by atomic mass is 32.2. The van der Waals surface area contributed by atoms with Gasteiger partial charge in [0.15, 0.2) is 5.12 Å². The summed E-state index contributed by atoms with van der Waals surface area (Å²) in [4.78, 5) is 22.0. The van der Waals surface area contributed by atoms with Gasteiger partial charge in [-0.1, -0.05) is 70.6 Å². The molecule has 1 atom stereocenters. The SMILES string of the molecule is CC#CC#CC#CC#CC#CC#CSC(C)=O.CCCCCCCCCCCCC(=O)O[C@H](CO)COCO.[HH].[HH].[HH].[HH].[HH].[HH].[HH].[HH].[HH]. The van der Waals surface area contributed by atoms with Gasteiger partial charge < -0.3 is 19.7 Å². The minimum absolute atomic E-state index is 0. The molecular formula is C32H58O6S. The number of unbranched alkanes of at least 4 members (excludes halogenated alkanes) is 9. The summed E-state index contributed by atoms with van der Waals surface area (Å²) in [7, 11) is 0. The van der Waals surface area contributed by atoms with E-state index in [-0.39, 0.29) is 37.1 Å². The smallest absolute Gasteiger partial charge is 0.306 e. The molecule has 0 aromatic carbocycles. The van der Waals surface area contributed by atoms with E-state index in [2.05, 4.69) is 77.3 Å². The van der Waals surface area contributed by atoms with Crippen LogP contribution in [0.2, 0.25) is 0 Å².